The van der Waals surface area contributed by atoms with E-state index in [1.54, 1.807) is 12.1 Å². The van der Waals surface area contributed by atoms with E-state index in [9.17, 15) is 9.59 Å². The molecule has 1 aromatic carbocycles. The number of esters is 1. The first-order valence-electron chi connectivity index (χ1n) is 7.55. The molecular weight excluding hydrogens is 268 g/mol. The molecule has 1 atom stereocenters. The van der Waals surface area contributed by atoms with E-state index in [1.807, 2.05) is 0 Å². The number of benzene rings is 1. The minimum Gasteiger partial charge on any atom is -0.478 e. The third-order valence-electron chi connectivity index (χ3n) is 3.65. The molecule has 1 unspecified atom stereocenters. The van der Waals surface area contributed by atoms with Gasteiger partial charge in [-0.05, 0) is 24.5 Å². The van der Waals surface area contributed by atoms with E-state index in [4.69, 9.17) is 9.84 Å². The summed E-state index contributed by atoms with van der Waals surface area (Å²) in [5, 5.41) is 9.02. The molecule has 0 bridgehead atoms. The first-order valence-corrected chi connectivity index (χ1v) is 7.55. The first kappa shape index (κ1) is 17.2. The van der Waals surface area contributed by atoms with Gasteiger partial charge in [0.15, 0.2) is 0 Å². The molecule has 0 saturated carbocycles. The smallest absolute Gasteiger partial charge is 0.339 e. The van der Waals surface area contributed by atoms with Gasteiger partial charge in [-0.25, -0.2) is 9.59 Å². The van der Waals surface area contributed by atoms with Gasteiger partial charge in [0.2, 0.25) is 0 Å². The van der Waals surface area contributed by atoms with E-state index < -0.39 is 11.9 Å². The summed E-state index contributed by atoms with van der Waals surface area (Å²) < 4.78 is 5.15. The number of ether oxygens (including phenoxy) is 1. The molecule has 0 radical (unpaired) electrons. The van der Waals surface area contributed by atoms with Crippen molar-refractivity contribution >= 4 is 11.9 Å². The predicted octanol–water partition coefficient (Wildman–Crippen LogP) is 4.15. The fourth-order valence-electron chi connectivity index (χ4n) is 2.07. The summed E-state index contributed by atoms with van der Waals surface area (Å²) in [6.07, 6.45) is 5.38. The van der Waals surface area contributed by atoms with E-state index in [-0.39, 0.29) is 11.1 Å². The van der Waals surface area contributed by atoms with Crippen LogP contribution < -0.4 is 0 Å². The summed E-state index contributed by atoms with van der Waals surface area (Å²) in [5.74, 6) is -0.930. The van der Waals surface area contributed by atoms with Crippen LogP contribution in [0.3, 0.4) is 0 Å². The lowest BCUT2D eigenvalue weighted by Crippen LogP contribution is -2.12. The Bertz CT molecular complexity index is 468. The Morgan fingerprint density at radius 2 is 1.81 bits per heavy atom. The van der Waals surface area contributed by atoms with Gasteiger partial charge < -0.3 is 9.84 Å². The number of unbranched alkanes of at least 4 members (excludes halogenated alkanes) is 2. The van der Waals surface area contributed by atoms with Gasteiger partial charge in [0.05, 0.1) is 17.7 Å². The van der Waals surface area contributed by atoms with Crippen molar-refractivity contribution in [3.63, 3.8) is 0 Å². The largest absolute Gasteiger partial charge is 0.478 e. The summed E-state index contributed by atoms with van der Waals surface area (Å²) in [6.45, 7) is 4.77. The molecule has 0 heterocycles. The highest BCUT2D eigenvalue weighted by Crippen LogP contribution is 2.13. The Kier molecular flexibility index (Phi) is 7.51. The standard InChI is InChI=1S/C17H24O4/c1-3-13(2)9-5-4-8-12-21-17(20)15-11-7-6-10-14(15)16(18)19/h6-7,10-11,13H,3-5,8-9,12H2,1-2H3,(H,18,19). The van der Waals surface area contributed by atoms with Crippen molar-refractivity contribution in [2.45, 2.75) is 46.0 Å². The average molecular weight is 292 g/mol. The summed E-state index contributed by atoms with van der Waals surface area (Å²) in [5.41, 5.74) is 0.101. The lowest BCUT2D eigenvalue weighted by Gasteiger charge is -2.09. The van der Waals surface area contributed by atoms with E-state index in [0.717, 1.165) is 25.2 Å². The van der Waals surface area contributed by atoms with Gasteiger partial charge in [0.25, 0.3) is 0 Å². The van der Waals surface area contributed by atoms with Gasteiger partial charge in [-0.3, -0.25) is 0 Å². The lowest BCUT2D eigenvalue weighted by atomic mass is 10.0. The number of carboxylic acid groups (broad SMARTS) is 1. The Morgan fingerprint density at radius 3 is 2.43 bits per heavy atom. The molecule has 0 aliphatic carbocycles. The molecule has 1 N–H and O–H groups in total. The second-order valence-electron chi connectivity index (χ2n) is 5.35. The van der Waals surface area contributed by atoms with E-state index >= 15 is 0 Å². The molecule has 116 valence electrons. The van der Waals surface area contributed by atoms with E-state index in [2.05, 4.69) is 13.8 Å². The maximum atomic E-state index is 11.9. The first-order chi connectivity index (χ1) is 10.1. The fraction of sp³-hybridized carbons (Fsp3) is 0.529. The van der Waals surface area contributed by atoms with Crippen molar-refractivity contribution in [2.75, 3.05) is 6.61 Å². The van der Waals surface area contributed by atoms with Gasteiger partial charge >= 0.3 is 11.9 Å². The van der Waals surface area contributed by atoms with Gasteiger partial charge in [0, 0.05) is 0 Å². The number of carbonyl (C=O) groups is 2. The molecule has 0 fully saturated rings. The van der Waals surface area contributed by atoms with E-state index in [0.29, 0.717) is 6.61 Å². The minimum absolute atomic E-state index is 0.0146. The monoisotopic (exact) mass is 292 g/mol. The number of carbonyl (C=O) groups excluding carboxylic acids is 1. The van der Waals surface area contributed by atoms with Crippen LogP contribution in [0.4, 0.5) is 0 Å². The lowest BCUT2D eigenvalue weighted by molar-refractivity contribution is 0.0487. The second-order valence-corrected chi connectivity index (χ2v) is 5.35. The Hall–Kier alpha value is -1.84. The number of carboxylic acids is 1. The third kappa shape index (κ3) is 5.98. The van der Waals surface area contributed by atoms with Gasteiger partial charge in [-0.2, -0.15) is 0 Å². The maximum absolute atomic E-state index is 11.9. The summed E-state index contributed by atoms with van der Waals surface area (Å²) in [7, 11) is 0. The molecule has 4 nitrogen and oxygen atoms in total. The van der Waals surface area contributed by atoms with Crippen LogP contribution in [0.15, 0.2) is 24.3 Å². The molecule has 21 heavy (non-hydrogen) atoms. The van der Waals surface area contributed by atoms with Crippen LogP contribution in [0.25, 0.3) is 0 Å². The third-order valence-corrected chi connectivity index (χ3v) is 3.65. The number of hydrogen-bond acceptors (Lipinski definition) is 3. The molecule has 1 rings (SSSR count). The van der Waals surface area contributed by atoms with Crippen molar-refractivity contribution in [3.05, 3.63) is 35.4 Å². The van der Waals surface area contributed by atoms with Gasteiger partial charge in [0.1, 0.15) is 0 Å². The molecule has 0 spiro atoms. The van der Waals surface area contributed by atoms with Crippen molar-refractivity contribution < 1.29 is 19.4 Å². The molecule has 0 saturated heterocycles. The Labute approximate surface area is 126 Å². The quantitative estimate of drug-likeness (QED) is 0.548. The zero-order valence-corrected chi connectivity index (χ0v) is 12.8. The maximum Gasteiger partial charge on any atom is 0.339 e. The minimum atomic E-state index is -1.11. The zero-order chi connectivity index (χ0) is 15.7. The summed E-state index contributed by atoms with van der Waals surface area (Å²) in [6, 6.07) is 6.12. The van der Waals surface area contributed by atoms with E-state index in [1.165, 1.54) is 25.0 Å². The predicted molar refractivity (Wildman–Crippen MR) is 81.6 cm³/mol. The van der Waals surface area contributed by atoms with Crippen LogP contribution in [-0.4, -0.2) is 23.7 Å². The normalized spacial score (nSPS) is 11.9. The zero-order valence-electron chi connectivity index (χ0n) is 12.8. The van der Waals surface area contributed by atoms with Crippen LogP contribution in [0.1, 0.15) is 66.7 Å². The topological polar surface area (TPSA) is 63.6 Å². The Balaban J connectivity index is 2.33. The van der Waals surface area contributed by atoms with Crippen LogP contribution in [0.5, 0.6) is 0 Å². The number of hydrogen-bond donors (Lipinski definition) is 1. The van der Waals surface area contributed by atoms with Gasteiger partial charge in [-0.1, -0.05) is 51.7 Å². The molecule has 0 aliphatic rings. The second kappa shape index (κ2) is 9.16. The molecule has 4 heteroatoms. The molecule has 0 amide bonds. The summed E-state index contributed by atoms with van der Waals surface area (Å²) in [4.78, 5) is 22.9. The number of aromatic carboxylic acids is 1. The Morgan fingerprint density at radius 1 is 1.14 bits per heavy atom. The highest BCUT2D eigenvalue weighted by atomic mass is 16.5. The van der Waals surface area contributed by atoms with Crippen LogP contribution in [-0.2, 0) is 4.74 Å². The van der Waals surface area contributed by atoms with Crippen molar-refractivity contribution in [3.8, 4) is 0 Å². The molecule has 0 aliphatic heterocycles. The molecule has 0 aromatic heterocycles. The van der Waals surface area contributed by atoms with Crippen LogP contribution in [0, 0.1) is 5.92 Å². The number of rotatable bonds is 9. The van der Waals surface area contributed by atoms with Crippen LogP contribution >= 0.6 is 0 Å². The fourth-order valence-corrected chi connectivity index (χ4v) is 2.07. The molecular formula is C17H24O4. The van der Waals surface area contributed by atoms with Crippen molar-refractivity contribution in [2.24, 2.45) is 5.92 Å². The highest BCUT2D eigenvalue weighted by molar-refractivity contribution is 6.02. The SMILES string of the molecule is CCC(C)CCCCCOC(=O)c1ccccc1C(=O)O. The highest BCUT2D eigenvalue weighted by Gasteiger charge is 2.16. The molecule has 1 aromatic rings. The average Bonchev–Trinajstić information content (AvgIpc) is 2.50. The van der Waals surface area contributed by atoms with Crippen molar-refractivity contribution in [1.82, 2.24) is 0 Å². The summed E-state index contributed by atoms with van der Waals surface area (Å²) >= 11 is 0. The van der Waals surface area contributed by atoms with Crippen molar-refractivity contribution in [1.29, 1.82) is 0 Å². The van der Waals surface area contributed by atoms with Gasteiger partial charge in [-0.15, -0.1) is 0 Å². The van der Waals surface area contributed by atoms with Crippen LogP contribution in [0.2, 0.25) is 0 Å².